The molecule has 1 aromatic rings. The predicted octanol–water partition coefficient (Wildman–Crippen LogP) is 1.17. The van der Waals surface area contributed by atoms with Gasteiger partial charge in [0.15, 0.2) is 0 Å². The van der Waals surface area contributed by atoms with Crippen molar-refractivity contribution in [2.24, 2.45) is 0 Å². The summed E-state index contributed by atoms with van der Waals surface area (Å²) in [6.07, 6.45) is 0.993. The lowest BCUT2D eigenvalue weighted by Gasteiger charge is -2.21. The second-order valence-corrected chi connectivity index (χ2v) is 5.03. The van der Waals surface area contributed by atoms with E-state index < -0.39 is 5.60 Å². The Kier molecular flexibility index (Phi) is 4.90. The maximum absolute atomic E-state index is 11.6. The molecule has 0 saturated carbocycles. The third-order valence-corrected chi connectivity index (χ3v) is 3.08. The number of nitrogens with zero attached hydrogens (tertiary/aromatic N) is 2. The van der Waals surface area contributed by atoms with E-state index in [-0.39, 0.29) is 5.91 Å². The van der Waals surface area contributed by atoms with Crippen LogP contribution in [-0.2, 0) is 11.3 Å². The van der Waals surface area contributed by atoms with Gasteiger partial charge >= 0.3 is 0 Å². The number of hydrogen-bond donors (Lipinski definition) is 2. The molecule has 0 fully saturated rings. The first-order valence-corrected chi connectivity index (χ1v) is 6.34. The van der Waals surface area contributed by atoms with Gasteiger partial charge in [-0.05, 0) is 33.3 Å². The number of rotatable bonds is 6. The quantitative estimate of drug-likeness (QED) is 0.799. The Balaban J connectivity index is 2.36. The van der Waals surface area contributed by atoms with Crippen molar-refractivity contribution in [1.29, 1.82) is 0 Å². The Bertz CT molecular complexity index is 410. The molecule has 1 rings (SSSR count). The number of carbonyl (C=O) groups excluding carboxylic acids is 1. The molecule has 0 aliphatic heterocycles. The van der Waals surface area contributed by atoms with Crippen LogP contribution in [0.1, 0.15) is 38.1 Å². The molecule has 2 N–H and O–H groups in total. The Morgan fingerprint density at radius 2 is 2.22 bits per heavy atom. The number of aliphatic hydroxyl groups is 1. The van der Waals surface area contributed by atoms with Crippen LogP contribution in [0.5, 0.6) is 0 Å². The van der Waals surface area contributed by atoms with Gasteiger partial charge in [0.25, 0.3) is 0 Å². The van der Waals surface area contributed by atoms with Gasteiger partial charge < -0.3 is 10.4 Å². The summed E-state index contributed by atoms with van der Waals surface area (Å²) < 4.78 is 1.83. The third kappa shape index (κ3) is 4.49. The molecule has 0 radical (unpaired) electrons. The zero-order chi connectivity index (χ0) is 13.8. The summed E-state index contributed by atoms with van der Waals surface area (Å²) in [6.45, 7) is 8.37. The van der Waals surface area contributed by atoms with Crippen LogP contribution in [-0.4, -0.2) is 32.9 Å². The van der Waals surface area contributed by atoms with Crippen LogP contribution in [0.2, 0.25) is 0 Å². The number of nitrogens with one attached hydrogen (secondary N) is 1. The van der Waals surface area contributed by atoms with Crippen LogP contribution >= 0.6 is 0 Å². The fourth-order valence-electron chi connectivity index (χ4n) is 1.61. The molecule has 0 aromatic carbocycles. The van der Waals surface area contributed by atoms with E-state index in [2.05, 4.69) is 10.4 Å². The first-order chi connectivity index (χ1) is 8.34. The molecule has 1 aromatic heterocycles. The van der Waals surface area contributed by atoms with Gasteiger partial charge in [0.2, 0.25) is 5.91 Å². The van der Waals surface area contributed by atoms with Gasteiger partial charge in [-0.25, -0.2) is 0 Å². The topological polar surface area (TPSA) is 67.2 Å². The lowest BCUT2D eigenvalue weighted by Crippen LogP contribution is -2.40. The molecule has 5 heteroatoms. The lowest BCUT2D eigenvalue weighted by atomic mass is 10.0. The number of aryl methyl sites for hydroxylation is 3. The van der Waals surface area contributed by atoms with Crippen molar-refractivity contribution in [3.05, 3.63) is 17.5 Å². The van der Waals surface area contributed by atoms with Crippen LogP contribution in [0.15, 0.2) is 6.07 Å². The average Bonchev–Trinajstić information content (AvgIpc) is 2.63. The monoisotopic (exact) mass is 253 g/mol. The van der Waals surface area contributed by atoms with Crippen molar-refractivity contribution in [1.82, 2.24) is 15.1 Å². The van der Waals surface area contributed by atoms with Crippen LogP contribution in [0, 0.1) is 13.8 Å². The summed E-state index contributed by atoms with van der Waals surface area (Å²) in [5, 5.41) is 16.8. The van der Waals surface area contributed by atoms with Gasteiger partial charge in [0.05, 0.1) is 11.3 Å². The average molecular weight is 253 g/mol. The molecule has 5 nitrogen and oxygen atoms in total. The highest BCUT2D eigenvalue weighted by Crippen LogP contribution is 2.06. The zero-order valence-corrected chi connectivity index (χ0v) is 11.7. The van der Waals surface area contributed by atoms with Gasteiger partial charge in [-0.2, -0.15) is 5.10 Å². The van der Waals surface area contributed by atoms with Crippen LogP contribution in [0.25, 0.3) is 0 Å². The molecule has 0 spiro atoms. The molecule has 1 heterocycles. The number of carbonyl (C=O) groups is 1. The summed E-state index contributed by atoms with van der Waals surface area (Å²) in [7, 11) is 0. The van der Waals surface area contributed by atoms with E-state index in [4.69, 9.17) is 0 Å². The van der Waals surface area contributed by atoms with Gasteiger partial charge in [-0.15, -0.1) is 0 Å². The van der Waals surface area contributed by atoms with Gasteiger partial charge in [-0.1, -0.05) is 6.92 Å². The zero-order valence-electron chi connectivity index (χ0n) is 11.7. The minimum absolute atomic E-state index is 0.0590. The maximum Gasteiger partial charge on any atom is 0.221 e. The first-order valence-electron chi connectivity index (χ1n) is 6.34. The molecule has 1 atom stereocenters. The van der Waals surface area contributed by atoms with Crippen molar-refractivity contribution >= 4 is 5.91 Å². The van der Waals surface area contributed by atoms with E-state index >= 15 is 0 Å². The summed E-state index contributed by atoms with van der Waals surface area (Å²) >= 11 is 0. The second-order valence-electron chi connectivity index (χ2n) is 5.03. The lowest BCUT2D eigenvalue weighted by molar-refractivity contribution is -0.122. The SMILES string of the molecule is CCC(C)(O)CNC(=O)CCn1nc(C)cc1C. The van der Waals surface area contributed by atoms with Crippen molar-refractivity contribution < 1.29 is 9.90 Å². The van der Waals surface area contributed by atoms with E-state index in [1.807, 2.05) is 31.5 Å². The molecule has 18 heavy (non-hydrogen) atoms. The smallest absolute Gasteiger partial charge is 0.221 e. The van der Waals surface area contributed by atoms with Gasteiger partial charge in [0.1, 0.15) is 0 Å². The molecular weight excluding hydrogens is 230 g/mol. The Morgan fingerprint density at radius 3 is 2.72 bits per heavy atom. The minimum Gasteiger partial charge on any atom is -0.388 e. The molecule has 1 amide bonds. The van der Waals surface area contributed by atoms with Crippen LogP contribution in [0.3, 0.4) is 0 Å². The van der Waals surface area contributed by atoms with E-state index in [1.54, 1.807) is 6.92 Å². The molecule has 0 aliphatic rings. The summed E-state index contributed by atoms with van der Waals surface area (Å²) in [4.78, 5) is 11.6. The van der Waals surface area contributed by atoms with E-state index in [9.17, 15) is 9.90 Å². The minimum atomic E-state index is -0.826. The van der Waals surface area contributed by atoms with Crippen molar-refractivity contribution in [2.75, 3.05) is 6.54 Å². The Morgan fingerprint density at radius 1 is 1.56 bits per heavy atom. The Labute approximate surface area is 108 Å². The normalized spacial score (nSPS) is 14.3. The number of aromatic nitrogens is 2. The van der Waals surface area contributed by atoms with Gasteiger partial charge in [-0.3, -0.25) is 9.48 Å². The van der Waals surface area contributed by atoms with Crippen LogP contribution in [0.4, 0.5) is 0 Å². The third-order valence-electron chi connectivity index (χ3n) is 3.08. The molecule has 0 bridgehead atoms. The first kappa shape index (κ1) is 14.7. The molecule has 0 aliphatic carbocycles. The van der Waals surface area contributed by atoms with Gasteiger partial charge in [0, 0.05) is 25.2 Å². The largest absolute Gasteiger partial charge is 0.388 e. The molecule has 1 unspecified atom stereocenters. The molecule has 0 saturated heterocycles. The second kappa shape index (κ2) is 6.00. The maximum atomic E-state index is 11.6. The van der Waals surface area contributed by atoms with Crippen molar-refractivity contribution in [3.8, 4) is 0 Å². The number of hydrogen-bond acceptors (Lipinski definition) is 3. The highest BCUT2D eigenvalue weighted by Gasteiger charge is 2.18. The number of amides is 1. The molecule has 102 valence electrons. The van der Waals surface area contributed by atoms with Crippen molar-refractivity contribution in [2.45, 2.75) is 52.7 Å². The van der Waals surface area contributed by atoms with Crippen molar-refractivity contribution in [3.63, 3.8) is 0 Å². The highest BCUT2D eigenvalue weighted by atomic mass is 16.3. The van der Waals surface area contributed by atoms with E-state index in [1.165, 1.54) is 0 Å². The fourth-order valence-corrected chi connectivity index (χ4v) is 1.61. The fraction of sp³-hybridized carbons (Fsp3) is 0.692. The molecular formula is C13H23N3O2. The summed E-state index contributed by atoms with van der Waals surface area (Å²) in [5.74, 6) is -0.0590. The Hall–Kier alpha value is -1.36. The summed E-state index contributed by atoms with van der Waals surface area (Å²) in [6, 6.07) is 1.99. The predicted molar refractivity (Wildman–Crippen MR) is 70.2 cm³/mol. The standard InChI is InChI=1S/C13H23N3O2/c1-5-13(4,18)9-14-12(17)6-7-16-11(3)8-10(2)15-16/h8,18H,5-7,9H2,1-4H3,(H,14,17). The van der Waals surface area contributed by atoms with E-state index in [0.717, 1.165) is 11.4 Å². The summed E-state index contributed by atoms with van der Waals surface area (Å²) in [5.41, 5.74) is 1.19. The highest BCUT2D eigenvalue weighted by molar-refractivity contribution is 5.75. The van der Waals surface area contributed by atoms with E-state index in [0.29, 0.717) is 25.9 Å². The van der Waals surface area contributed by atoms with Crippen LogP contribution < -0.4 is 5.32 Å².